The highest BCUT2D eigenvalue weighted by molar-refractivity contribution is 5.81. The molecule has 5 heteroatoms. The monoisotopic (exact) mass is 295 g/mol. The zero-order valence-corrected chi connectivity index (χ0v) is 13.4. The average Bonchev–Trinajstić information content (AvgIpc) is 2.50. The van der Waals surface area contributed by atoms with Gasteiger partial charge in [-0.15, -0.1) is 0 Å². The summed E-state index contributed by atoms with van der Waals surface area (Å²) >= 11 is 0. The van der Waals surface area contributed by atoms with Crippen LogP contribution in [0, 0.1) is 11.8 Å². The first kappa shape index (κ1) is 16.3. The second-order valence-electron chi connectivity index (χ2n) is 6.51. The smallest absolute Gasteiger partial charge is 0.225 e. The van der Waals surface area contributed by atoms with Crippen molar-refractivity contribution in [2.75, 3.05) is 26.2 Å². The summed E-state index contributed by atoms with van der Waals surface area (Å²) in [6.45, 7) is 7.55. The fraction of sp³-hybridized carbons (Fsp3) is 0.875. The third-order valence-corrected chi connectivity index (χ3v) is 4.72. The highest BCUT2D eigenvalue weighted by Crippen LogP contribution is 2.19. The Labute approximate surface area is 127 Å². The fourth-order valence-electron chi connectivity index (χ4n) is 3.32. The van der Waals surface area contributed by atoms with Crippen LogP contribution in [0.2, 0.25) is 0 Å². The Balaban J connectivity index is 1.85. The van der Waals surface area contributed by atoms with Gasteiger partial charge in [-0.25, -0.2) is 0 Å². The number of nitrogens with one attached hydrogen (secondary N) is 2. The molecule has 2 aliphatic rings. The molecule has 0 radical (unpaired) electrons. The van der Waals surface area contributed by atoms with Crippen molar-refractivity contribution < 1.29 is 9.59 Å². The number of hydrogen-bond acceptors (Lipinski definition) is 3. The Morgan fingerprint density at radius 2 is 2.14 bits per heavy atom. The van der Waals surface area contributed by atoms with Crippen molar-refractivity contribution >= 4 is 11.8 Å². The first-order valence-electron chi connectivity index (χ1n) is 8.40. The first-order chi connectivity index (χ1) is 10.1. The molecule has 2 amide bonds. The Kier molecular flexibility index (Phi) is 6.03. The van der Waals surface area contributed by atoms with Gasteiger partial charge in [-0.3, -0.25) is 9.59 Å². The van der Waals surface area contributed by atoms with Crippen molar-refractivity contribution in [2.24, 2.45) is 11.8 Å². The van der Waals surface area contributed by atoms with E-state index in [2.05, 4.69) is 17.6 Å². The molecule has 3 unspecified atom stereocenters. The van der Waals surface area contributed by atoms with Gasteiger partial charge in [0, 0.05) is 25.6 Å². The molecule has 0 spiro atoms. The molecule has 0 aromatic rings. The molecule has 2 N–H and O–H groups in total. The van der Waals surface area contributed by atoms with Crippen molar-refractivity contribution in [1.82, 2.24) is 15.5 Å². The van der Waals surface area contributed by atoms with E-state index in [1.165, 1.54) is 0 Å². The Bertz CT molecular complexity index is 373. The summed E-state index contributed by atoms with van der Waals surface area (Å²) in [5.74, 6) is 0.791. The molecule has 2 heterocycles. The van der Waals surface area contributed by atoms with Gasteiger partial charge >= 0.3 is 0 Å². The van der Waals surface area contributed by atoms with E-state index in [4.69, 9.17) is 0 Å². The number of nitrogens with zero attached hydrogens (tertiary/aromatic N) is 1. The van der Waals surface area contributed by atoms with E-state index in [9.17, 15) is 9.59 Å². The van der Waals surface area contributed by atoms with Gasteiger partial charge in [0.1, 0.15) is 0 Å². The summed E-state index contributed by atoms with van der Waals surface area (Å²) in [6.07, 6.45) is 4.31. The van der Waals surface area contributed by atoms with Crippen LogP contribution in [0.4, 0.5) is 0 Å². The van der Waals surface area contributed by atoms with E-state index in [0.29, 0.717) is 18.9 Å². The Morgan fingerprint density at radius 1 is 1.33 bits per heavy atom. The predicted molar refractivity (Wildman–Crippen MR) is 82.8 cm³/mol. The van der Waals surface area contributed by atoms with Crippen LogP contribution >= 0.6 is 0 Å². The number of carbonyl (C=O) groups is 2. The van der Waals surface area contributed by atoms with Gasteiger partial charge in [0.25, 0.3) is 0 Å². The largest absolute Gasteiger partial charge is 0.353 e. The van der Waals surface area contributed by atoms with Gasteiger partial charge < -0.3 is 15.5 Å². The third-order valence-electron chi connectivity index (χ3n) is 4.72. The average molecular weight is 295 g/mol. The van der Waals surface area contributed by atoms with E-state index in [0.717, 1.165) is 45.3 Å². The molecule has 0 aliphatic carbocycles. The van der Waals surface area contributed by atoms with Crippen LogP contribution in [0.15, 0.2) is 0 Å². The van der Waals surface area contributed by atoms with Crippen LogP contribution in [0.25, 0.3) is 0 Å². The van der Waals surface area contributed by atoms with Crippen LogP contribution in [-0.4, -0.2) is 48.9 Å². The van der Waals surface area contributed by atoms with E-state index in [-0.39, 0.29) is 23.8 Å². The highest BCUT2D eigenvalue weighted by Gasteiger charge is 2.30. The molecule has 0 bridgehead atoms. The van der Waals surface area contributed by atoms with Crippen LogP contribution in [0.3, 0.4) is 0 Å². The van der Waals surface area contributed by atoms with Crippen LogP contribution in [0.1, 0.15) is 46.0 Å². The lowest BCUT2D eigenvalue weighted by atomic mass is 9.92. The molecule has 0 aromatic heterocycles. The van der Waals surface area contributed by atoms with Crippen LogP contribution in [0.5, 0.6) is 0 Å². The number of rotatable bonds is 4. The maximum atomic E-state index is 12.5. The molecule has 120 valence electrons. The molecular formula is C16H29N3O2. The lowest BCUT2D eigenvalue weighted by molar-refractivity contribution is -0.136. The molecule has 5 nitrogen and oxygen atoms in total. The zero-order chi connectivity index (χ0) is 15.2. The summed E-state index contributed by atoms with van der Waals surface area (Å²) in [5.41, 5.74) is 0. The first-order valence-corrected chi connectivity index (χ1v) is 8.40. The number of hydrogen-bond donors (Lipinski definition) is 2. The lowest BCUT2D eigenvalue weighted by Gasteiger charge is -2.35. The molecule has 3 atom stereocenters. The van der Waals surface area contributed by atoms with Gasteiger partial charge in [0.2, 0.25) is 11.8 Å². The summed E-state index contributed by atoms with van der Waals surface area (Å²) in [4.78, 5) is 26.3. The van der Waals surface area contributed by atoms with Crippen molar-refractivity contribution in [3.63, 3.8) is 0 Å². The molecule has 0 saturated carbocycles. The molecular weight excluding hydrogens is 266 g/mol. The number of carbonyl (C=O) groups excluding carboxylic acids is 2. The van der Waals surface area contributed by atoms with E-state index < -0.39 is 0 Å². The minimum Gasteiger partial charge on any atom is -0.353 e. The lowest BCUT2D eigenvalue weighted by Crippen LogP contribution is -2.52. The van der Waals surface area contributed by atoms with Crippen LogP contribution < -0.4 is 10.6 Å². The summed E-state index contributed by atoms with van der Waals surface area (Å²) < 4.78 is 0. The van der Waals surface area contributed by atoms with Crippen molar-refractivity contribution in [2.45, 2.75) is 52.0 Å². The third kappa shape index (κ3) is 4.43. The second-order valence-corrected chi connectivity index (χ2v) is 6.51. The second kappa shape index (κ2) is 7.78. The van der Waals surface area contributed by atoms with Crippen molar-refractivity contribution in [3.05, 3.63) is 0 Å². The standard InChI is InChI=1S/C16H29N3O2/c1-3-5-15(20)19-9-4-6-13(11-19)16(21)18-14-7-8-17-10-12(14)2/h12-14,17H,3-11H2,1-2H3,(H,18,21). The van der Waals surface area contributed by atoms with E-state index >= 15 is 0 Å². The van der Waals surface area contributed by atoms with Gasteiger partial charge in [-0.1, -0.05) is 13.8 Å². The molecule has 0 aromatic carbocycles. The van der Waals surface area contributed by atoms with Crippen molar-refractivity contribution in [3.8, 4) is 0 Å². The fourth-order valence-corrected chi connectivity index (χ4v) is 3.32. The quantitative estimate of drug-likeness (QED) is 0.817. The molecule has 2 rings (SSSR count). The van der Waals surface area contributed by atoms with Crippen LogP contribution in [-0.2, 0) is 9.59 Å². The Hall–Kier alpha value is -1.10. The summed E-state index contributed by atoms with van der Waals surface area (Å²) in [6, 6.07) is 0.278. The minimum atomic E-state index is -0.0263. The van der Waals surface area contributed by atoms with Gasteiger partial charge in [-0.05, 0) is 44.7 Å². The van der Waals surface area contributed by atoms with Gasteiger partial charge in [-0.2, -0.15) is 0 Å². The highest BCUT2D eigenvalue weighted by atomic mass is 16.2. The number of likely N-dealkylation sites (tertiary alicyclic amines) is 1. The number of amides is 2. The van der Waals surface area contributed by atoms with E-state index in [1.807, 2.05) is 11.8 Å². The topological polar surface area (TPSA) is 61.4 Å². The maximum absolute atomic E-state index is 12.5. The maximum Gasteiger partial charge on any atom is 0.225 e. The molecule has 2 fully saturated rings. The molecule has 2 saturated heterocycles. The molecule has 21 heavy (non-hydrogen) atoms. The van der Waals surface area contributed by atoms with Crippen molar-refractivity contribution in [1.29, 1.82) is 0 Å². The predicted octanol–water partition coefficient (Wildman–Crippen LogP) is 1.14. The zero-order valence-electron chi connectivity index (χ0n) is 13.4. The molecule has 2 aliphatic heterocycles. The van der Waals surface area contributed by atoms with E-state index in [1.54, 1.807) is 0 Å². The number of piperidine rings is 2. The minimum absolute atomic E-state index is 0.0263. The normalized spacial score (nSPS) is 30.0. The van der Waals surface area contributed by atoms with Gasteiger partial charge in [0.15, 0.2) is 0 Å². The van der Waals surface area contributed by atoms with Gasteiger partial charge in [0.05, 0.1) is 5.92 Å². The summed E-state index contributed by atoms with van der Waals surface area (Å²) in [7, 11) is 0. The Morgan fingerprint density at radius 3 is 2.86 bits per heavy atom. The summed E-state index contributed by atoms with van der Waals surface area (Å²) in [5, 5.41) is 6.56. The SMILES string of the molecule is CCCC(=O)N1CCCC(C(=O)NC2CCNCC2C)C1.